The minimum absolute atomic E-state index is 0.162. The second kappa shape index (κ2) is 10.7. The van der Waals surface area contributed by atoms with Crippen molar-refractivity contribution in [1.82, 2.24) is 9.62 Å². The Morgan fingerprint density at radius 3 is 1.94 bits per heavy atom. The first-order valence-electron chi connectivity index (χ1n) is 10.3. The number of carbonyl (C=O) groups excluding carboxylic acids is 1. The molecule has 3 aromatic carbocycles. The third kappa shape index (κ3) is 6.37. The number of benzene rings is 3. The Labute approximate surface area is 204 Å². The van der Waals surface area contributed by atoms with Crippen molar-refractivity contribution in [3.8, 4) is 0 Å². The van der Waals surface area contributed by atoms with E-state index in [1.165, 1.54) is 42.7 Å². The Balaban J connectivity index is 1.55. The topological polar surface area (TPSA) is 90.5 Å². The van der Waals surface area contributed by atoms with Crippen LogP contribution >= 0.6 is 12.2 Å². The van der Waals surface area contributed by atoms with Crippen LogP contribution in [0.1, 0.15) is 28.9 Å². The molecule has 7 nitrogen and oxygen atoms in total. The van der Waals surface area contributed by atoms with Crippen LogP contribution in [0.15, 0.2) is 77.7 Å². The Morgan fingerprint density at radius 1 is 0.882 bits per heavy atom. The first-order chi connectivity index (χ1) is 16.1. The zero-order valence-electron chi connectivity index (χ0n) is 18.9. The van der Waals surface area contributed by atoms with E-state index in [9.17, 15) is 17.6 Å². The minimum Gasteiger partial charge on any atom is -0.356 e. The van der Waals surface area contributed by atoms with Gasteiger partial charge in [0.1, 0.15) is 5.82 Å². The third-order valence-corrected chi connectivity index (χ3v) is 7.06. The summed E-state index contributed by atoms with van der Waals surface area (Å²) >= 11 is 5.38. The molecule has 1 amide bonds. The lowest BCUT2D eigenvalue weighted by Gasteiger charge is -2.18. The first kappa shape index (κ1) is 25.3. The molecular weight excluding hydrogens is 475 g/mol. The van der Waals surface area contributed by atoms with E-state index in [1.54, 1.807) is 48.5 Å². The van der Waals surface area contributed by atoms with Crippen molar-refractivity contribution in [3.63, 3.8) is 0 Å². The molecule has 3 N–H and O–H groups in total. The molecule has 3 aromatic rings. The van der Waals surface area contributed by atoms with Gasteiger partial charge in [-0.25, -0.2) is 17.1 Å². The summed E-state index contributed by atoms with van der Waals surface area (Å²) in [6, 6.07) is 18.7. The molecule has 178 valence electrons. The van der Waals surface area contributed by atoms with Crippen LogP contribution in [0.3, 0.4) is 0 Å². The summed E-state index contributed by atoms with van der Waals surface area (Å²) < 4.78 is 38.6. The molecular formula is C24H25FN4O3S2. The number of anilines is 2. The van der Waals surface area contributed by atoms with Crippen LogP contribution in [0.5, 0.6) is 0 Å². The molecule has 1 atom stereocenters. The first-order valence-corrected chi connectivity index (χ1v) is 12.2. The minimum atomic E-state index is -3.48. The second-order valence-corrected chi connectivity index (χ2v) is 10.3. The summed E-state index contributed by atoms with van der Waals surface area (Å²) in [7, 11) is -0.499. The van der Waals surface area contributed by atoms with Crippen LogP contribution in [-0.2, 0) is 10.0 Å². The molecule has 0 aliphatic carbocycles. The number of carbonyl (C=O) groups is 1. The van der Waals surface area contributed by atoms with E-state index in [0.717, 1.165) is 11.3 Å². The van der Waals surface area contributed by atoms with Crippen molar-refractivity contribution < 1.29 is 17.6 Å². The van der Waals surface area contributed by atoms with Gasteiger partial charge in [-0.3, -0.25) is 4.79 Å². The Kier molecular flexibility index (Phi) is 7.98. The zero-order valence-corrected chi connectivity index (χ0v) is 20.5. The van der Waals surface area contributed by atoms with Gasteiger partial charge in [-0.05, 0) is 85.4 Å². The Morgan fingerprint density at radius 2 is 1.41 bits per heavy atom. The fraction of sp³-hybridized carbons (Fsp3) is 0.167. The van der Waals surface area contributed by atoms with Crippen molar-refractivity contribution in [2.45, 2.75) is 17.9 Å². The largest absolute Gasteiger partial charge is 0.356 e. The number of amides is 1. The van der Waals surface area contributed by atoms with Crippen molar-refractivity contribution in [3.05, 3.63) is 89.7 Å². The molecule has 0 spiro atoms. The smallest absolute Gasteiger partial charge is 0.255 e. The van der Waals surface area contributed by atoms with E-state index in [2.05, 4.69) is 16.0 Å². The second-order valence-electron chi connectivity index (χ2n) is 7.71. The Bertz CT molecular complexity index is 1260. The summed E-state index contributed by atoms with van der Waals surface area (Å²) in [5.74, 6) is -0.740. The number of sulfonamides is 1. The molecule has 10 heteroatoms. The molecule has 0 aliphatic rings. The van der Waals surface area contributed by atoms with E-state index >= 15 is 0 Å². The van der Waals surface area contributed by atoms with Gasteiger partial charge in [0.15, 0.2) is 5.11 Å². The molecule has 1 unspecified atom stereocenters. The summed E-state index contributed by atoms with van der Waals surface area (Å²) in [6.07, 6.45) is 0. The number of thiocarbonyl (C=S) groups is 1. The van der Waals surface area contributed by atoms with Gasteiger partial charge < -0.3 is 16.0 Å². The van der Waals surface area contributed by atoms with Gasteiger partial charge >= 0.3 is 0 Å². The van der Waals surface area contributed by atoms with Gasteiger partial charge in [-0.1, -0.05) is 12.1 Å². The van der Waals surface area contributed by atoms with Crippen molar-refractivity contribution in [2.75, 3.05) is 24.7 Å². The number of rotatable bonds is 7. The SMILES string of the molecule is CC(NC(=S)Nc1ccc(NC(=O)c2ccc(F)cc2)cc1)c1ccc(S(=O)(=O)N(C)C)cc1. The molecule has 34 heavy (non-hydrogen) atoms. The monoisotopic (exact) mass is 500 g/mol. The fourth-order valence-electron chi connectivity index (χ4n) is 3.03. The van der Waals surface area contributed by atoms with Gasteiger partial charge in [0.05, 0.1) is 10.9 Å². The van der Waals surface area contributed by atoms with E-state index in [1.807, 2.05) is 6.92 Å². The molecule has 0 aliphatic heterocycles. The van der Waals surface area contributed by atoms with Gasteiger partial charge in [0, 0.05) is 31.0 Å². The van der Waals surface area contributed by atoms with Crippen LogP contribution < -0.4 is 16.0 Å². The summed E-state index contributed by atoms with van der Waals surface area (Å²) in [5.41, 5.74) is 2.54. The predicted octanol–water partition coefficient (Wildman–Crippen LogP) is 4.38. The van der Waals surface area contributed by atoms with Crippen molar-refractivity contribution >= 4 is 44.6 Å². The number of nitrogens with zero attached hydrogens (tertiary/aromatic N) is 1. The standard InChI is InChI=1S/C24H25FN4O3S2/c1-16(17-6-14-22(15-7-17)34(31,32)29(2)3)26-24(33)28-21-12-10-20(11-13-21)27-23(30)18-4-8-19(25)9-5-18/h4-16H,1-3H3,(H,27,30)(H2,26,28,33). The van der Waals surface area contributed by atoms with E-state index < -0.39 is 15.8 Å². The Hall–Kier alpha value is -3.34. The van der Waals surface area contributed by atoms with Crippen LogP contribution in [0.25, 0.3) is 0 Å². The molecule has 0 aromatic heterocycles. The number of hydrogen-bond acceptors (Lipinski definition) is 4. The lowest BCUT2D eigenvalue weighted by atomic mass is 10.1. The van der Waals surface area contributed by atoms with E-state index in [4.69, 9.17) is 12.2 Å². The highest BCUT2D eigenvalue weighted by molar-refractivity contribution is 7.89. The average Bonchev–Trinajstić information content (AvgIpc) is 2.80. The zero-order chi connectivity index (χ0) is 24.9. The van der Waals surface area contributed by atoms with Gasteiger partial charge in [-0.15, -0.1) is 0 Å². The highest BCUT2D eigenvalue weighted by atomic mass is 32.2. The van der Waals surface area contributed by atoms with Crippen molar-refractivity contribution in [1.29, 1.82) is 0 Å². The molecule has 0 fully saturated rings. The lowest BCUT2D eigenvalue weighted by Crippen LogP contribution is -2.31. The highest BCUT2D eigenvalue weighted by Gasteiger charge is 2.17. The number of nitrogens with one attached hydrogen (secondary N) is 3. The normalized spacial score (nSPS) is 12.1. The maximum Gasteiger partial charge on any atom is 0.255 e. The van der Waals surface area contributed by atoms with Crippen LogP contribution in [0.2, 0.25) is 0 Å². The number of hydrogen-bond donors (Lipinski definition) is 3. The molecule has 0 heterocycles. The molecule has 0 saturated carbocycles. The van der Waals surface area contributed by atoms with Crippen LogP contribution in [0, 0.1) is 5.82 Å². The predicted molar refractivity (Wildman–Crippen MR) is 136 cm³/mol. The maximum atomic E-state index is 13.0. The molecule has 0 bridgehead atoms. The quantitative estimate of drug-likeness (QED) is 0.417. The van der Waals surface area contributed by atoms with E-state index in [-0.39, 0.29) is 16.8 Å². The summed E-state index contributed by atoms with van der Waals surface area (Å²) in [5, 5.41) is 9.37. The summed E-state index contributed by atoms with van der Waals surface area (Å²) in [4.78, 5) is 12.5. The summed E-state index contributed by atoms with van der Waals surface area (Å²) in [6.45, 7) is 1.91. The number of halogens is 1. The van der Waals surface area contributed by atoms with Gasteiger partial charge in [0.25, 0.3) is 5.91 Å². The fourth-order valence-corrected chi connectivity index (χ4v) is 4.22. The highest BCUT2D eigenvalue weighted by Crippen LogP contribution is 2.19. The lowest BCUT2D eigenvalue weighted by molar-refractivity contribution is 0.102. The van der Waals surface area contributed by atoms with Crippen LogP contribution in [0.4, 0.5) is 15.8 Å². The van der Waals surface area contributed by atoms with Crippen molar-refractivity contribution in [2.24, 2.45) is 0 Å². The molecule has 0 saturated heterocycles. The maximum absolute atomic E-state index is 13.0. The van der Waals surface area contributed by atoms with Crippen LogP contribution in [-0.4, -0.2) is 37.8 Å². The molecule has 0 radical (unpaired) electrons. The average molecular weight is 501 g/mol. The van der Waals surface area contributed by atoms with Gasteiger partial charge in [0.2, 0.25) is 10.0 Å². The third-order valence-electron chi connectivity index (χ3n) is 5.01. The molecule has 3 rings (SSSR count). The van der Waals surface area contributed by atoms with E-state index in [0.29, 0.717) is 16.4 Å². The van der Waals surface area contributed by atoms with Gasteiger partial charge in [-0.2, -0.15) is 0 Å².